The average Bonchev–Trinajstić information content (AvgIpc) is 2.94. The Labute approximate surface area is 140 Å². The van der Waals surface area contributed by atoms with Crippen LogP contribution >= 0.6 is 0 Å². The zero-order valence-electron chi connectivity index (χ0n) is 13.9. The Morgan fingerprint density at radius 1 is 1.54 bits per heavy atom. The van der Waals surface area contributed by atoms with E-state index in [1.54, 1.807) is 18.1 Å². The molecular weight excluding hydrogens is 314 g/mol. The summed E-state index contributed by atoms with van der Waals surface area (Å²) in [6.45, 7) is 6.15. The lowest BCUT2D eigenvalue weighted by atomic mass is 10.00. The Kier molecular flexibility index (Phi) is 5.58. The summed E-state index contributed by atoms with van der Waals surface area (Å²) in [7, 11) is 1.59. The molecular formula is C15H23N5O4. The van der Waals surface area contributed by atoms with Crippen LogP contribution in [0.25, 0.3) is 0 Å². The molecule has 9 heteroatoms. The number of aliphatic hydroxyl groups is 1. The number of nitrogens with zero attached hydrogens (tertiary/aromatic N) is 4. The maximum absolute atomic E-state index is 12.7. The standard InChI is InChI=1S/C15H23N5O4/c1-4-5-19(6-7-21)18(3)14(22)13-11-9-20(15(23)24)10(2)8-12(11)16-17-13/h4,10,21H,1,5-9H2,2-3H3,(H,16,17)(H,23,24)/t10-/m1/s1. The molecule has 0 unspecified atom stereocenters. The molecule has 0 aromatic carbocycles. The van der Waals surface area contributed by atoms with Crippen molar-refractivity contribution in [1.29, 1.82) is 0 Å². The van der Waals surface area contributed by atoms with E-state index in [9.17, 15) is 14.7 Å². The lowest BCUT2D eigenvalue weighted by Gasteiger charge is -2.32. The first-order valence-corrected chi connectivity index (χ1v) is 7.71. The van der Waals surface area contributed by atoms with E-state index in [0.717, 1.165) is 5.69 Å². The number of rotatable bonds is 6. The summed E-state index contributed by atoms with van der Waals surface area (Å²) in [5.41, 5.74) is 1.60. The number of hydrogen-bond donors (Lipinski definition) is 3. The van der Waals surface area contributed by atoms with Crippen LogP contribution in [0.4, 0.5) is 4.79 Å². The van der Waals surface area contributed by atoms with Crippen molar-refractivity contribution in [2.24, 2.45) is 0 Å². The number of aliphatic hydroxyl groups excluding tert-OH is 1. The first-order valence-electron chi connectivity index (χ1n) is 7.71. The summed E-state index contributed by atoms with van der Waals surface area (Å²) >= 11 is 0. The lowest BCUT2D eigenvalue weighted by molar-refractivity contribution is 0.00388. The van der Waals surface area contributed by atoms with Crippen molar-refractivity contribution in [2.75, 3.05) is 26.7 Å². The molecule has 0 spiro atoms. The van der Waals surface area contributed by atoms with Crippen LogP contribution in [0.15, 0.2) is 12.7 Å². The van der Waals surface area contributed by atoms with Gasteiger partial charge in [-0.2, -0.15) is 5.10 Å². The van der Waals surface area contributed by atoms with Gasteiger partial charge in [0, 0.05) is 43.9 Å². The summed E-state index contributed by atoms with van der Waals surface area (Å²) in [4.78, 5) is 25.4. The van der Waals surface area contributed by atoms with Crippen LogP contribution in [0.1, 0.15) is 28.7 Å². The van der Waals surface area contributed by atoms with Gasteiger partial charge in [-0.25, -0.2) is 9.80 Å². The van der Waals surface area contributed by atoms with Gasteiger partial charge in [-0.05, 0) is 6.92 Å². The van der Waals surface area contributed by atoms with Crippen molar-refractivity contribution in [3.63, 3.8) is 0 Å². The normalized spacial score (nSPS) is 16.8. The molecule has 3 N–H and O–H groups in total. The summed E-state index contributed by atoms with van der Waals surface area (Å²) in [6.07, 6.45) is 1.10. The Balaban J connectivity index is 2.26. The van der Waals surface area contributed by atoms with Gasteiger partial charge in [0.1, 0.15) is 0 Å². The number of carbonyl (C=O) groups excluding carboxylic acids is 1. The van der Waals surface area contributed by atoms with Crippen LogP contribution in [-0.4, -0.2) is 80.1 Å². The largest absolute Gasteiger partial charge is 0.465 e. The van der Waals surface area contributed by atoms with Crippen LogP contribution in [0.5, 0.6) is 0 Å². The van der Waals surface area contributed by atoms with E-state index >= 15 is 0 Å². The van der Waals surface area contributed by atoms with Crippen LogP contribution in [0, 0.1) is 0 Å². The molecule has 1 aliphatic rings. The highest BCUT2D eigenvalue weighted by Crippen LogP contribution is 2.25. The monoisotopic (exact) mass is 337 g/mol. The zero-order chi connectivity index (χ0) is 17.9. The summed E-state index contributed by atoms with van der Waals surface area (Å²) in [5, 5.41) is 28.4. The van der Waals surface area contributed by atoms with Gasteiger partial charge in [-0.15, -0.1) is 6.58 Å². The molecule has 0 saturated heterocycles. The molecule has 0 fully saturated rings. The number of nitrogens with one attached hydrogen (secondary N) is 1. The van der Waals surface area contributed by atoms with Crippen LogP contribution in [-0.2, 0) is 13.0 Å². The van der Waals surface area contributed by atoms with E-state index in [2.05, 4.69) is 16.8 Å². The van der Waals surface area contributed by atoms with E-state index in [1.165, 1.54) is 9.91 Å². The number of aromatic nitrogens is 2. The van der Waals surface area contributed by atoms with Crippen molar-refractivity contribution in [3.8, 4) is 0 Å². The van der Waals surface area contributed by atoms with Crippen LogP contribution in [0.3, 0.4) is 0 Å². The van der Waals surface area contributed by atoms with Gasteiger partial charge in [-0.1, -0.05) is 6.08 Å². The molecule has 0 radical (unpaired) electrons. The van der Waals surface area contributed by atoms with E-state index in [0.29, 0.717) is 18.5 Å². The molecule has 1 atom stereocenters. The van der Waals surface area contributed by atoms with Crippen LogP contribution in [0.2, 0.25) is 0 Å². The number of hydrazine groups is 1. The number of amides is 2. The van der Waals surface area contributed by atoms with Gasteiger partial charge in [-0.3, -0.25) is 14.9 Å². The fourth-order valence-electron chi connectivity index (χ4n) is 2.82. The number of aromatic amines is 1. The lowest BCUT2D eigenvalue weighted by Crippen LogP contribution is -2.46. The van der Waals surface area contributed by atoms with Crippen LogP contribution < -0.4 is 0 Å². The van der Waals surface area contributed by atoms with Gasteiger partial charge < -0.3 is 15.1 Å². The molecule has 0 bridgehead atoms. The number of carboxylic acid groups (broad SMARTS) is 1. The fraction of sp³-hybridized carbons (Fsp3) is 0.533. The highest BCUT2D eigenvalue weighted by molar-refractivity contribution is 5.93. The maximum Gasteiger partial charge on any atom is 0.407 e. The number of fused-ring (bicyclic) bond motifs is 1. The Bertz CT molecular complexity index is 629. The molecule has 1 aliphatic heterocycles. The summed E-state index contributed by atoms with van der Waals surface area (Å²) in [5.74, 6) is -0.359. The molecule has 1 aromatic rings. The van der Waals surface area contributed by atoms with Crippen molar-refractivity contribution in [2.45, 2.75) is 25.9 Å². The SMILES string of the molecule is C=CCN(CCO)N(C)C(=O)c1n[nH]c2c1CN(C(=O)O)[C@H](C)C2. The highest BCUT2D eigenvalue weighted by atomic mass is 16.4. The van der Waals surface area contributed by atoms with Gasteiger partial charge in [0.05, 0.1) is 13.2 Å². The number of hydrogen-bond acceptors (Lipinski definition) is 5. The third-order valence-electron chi connectivity index (χ3n) is 4.18. The third-order valence-corrected chi connectivity index (χ3v) is 4.18. The van der Waals surface area contributed by atoms with Gasteiger partial charge in [0.2, 0.25) is 0 Å². The second-order valence-corrected chi connectivity index (χ2v) is 5.75. The van der Waals surface area contributed by atoms with E-state index in [-0.39, 0.29) is 37.3 Å². The zero-order valence-corrected chi connectivity index (χ0v) is 13.9. The third kappa shape index (κ3) is 3.41. The number of H-pyrrole nitrogens is 1. The Morgan fingerprint density at radius 3 is 2.83 bits per heavy atom. The first-order chi connectivity index (χ1) is 11.4. The summed E-state index contributed by atoms with van der Waals surface area (Å²) in [6, 6.07) is -0.178. The number of carbonyl (C=O) groups is 2. The highest BCUT2D eigenvalue weighted by Gasteiger charge is 2.33. The first kappa shape index (κ1) is 18.0. The van der Waals surface area contributed by atoms with Crippen molar-refractivity contribution >= 4 is 12.0 Å². The molecule has 2 heterocycles. The van der Waals surface area contributed by atoms with E-state index in [4.69, 9.17) is 5.11 Å². The molecule has 132 valence electrons. The predicted octanol–water partition coefficient (Wildman–Crippen LogP) is 0.302. The van der Waals surface area contributed by atoms with E-state index < -0.39 is 6.09 Å². The topological polar surface area (TPSA) is 113 Å². The van der Waals surface area contributed by atoms with Gasteiger partial charge >= 0.3 is 6.09 Å². The second-order valence-electron chi connectivity index (χ2n) is 5.75. The molecule has 2 amide bonds. The van der Waals surface area contributed by atoms with Crippen molar-refractivity contribution in [1.82, 2.24) is 25.1 Å². The molecule has 2 rings (SSSR count). The fourth-order valence-corrected chi connectivity index (χ4v) is 2.82. The molecule has 1 aromatic heterocycles. The second kappa shape index (κ2) is 7.45. The molecule has 9 nitrogen and oxygen atoms in total. The Morgan fingerprint density at radius 2 is 2.25 bits per heavy atom. The molecule has 24 heavy (non-hydrogen) atoms. The average molecular weight is 337 g/mol. The summed E-state index contributed by atoms with van der Waals surface area (Å²) < 4.78 is 0. The van der Waals surface area contributed by atoms with Gasteiger partial charge in [0.25, 0.3) is 5.91 Å². The maximum atomic E-state index is 12.7. The molecule has 0 saturated carbocycles. The quantitative estimate of drug-likeness (QED) is 0.508. The minimum absolute atomic E-state index is 0.103. The minimum atomic E-state index is -1.02. The smallest absolute Gasteiger partial charge is 0.407 e. The van der Waals surface area contributed by atoms with Crippen molar-refractivity contribution < 1.29 is 19.8 Å². The minimum Gasteiger partial charge on any atom is -0.465 e. The molecule has 0 aliphatic carbocycles. The van der Waals surface area contributed by atoms with Crippen molar-refractivity contribution in [3.05, 3.63) is 29.6 Å². The predicted molar refractivity (Wildman–Crippen MR) is 86.3 cm³/mol. The Hall–Kier alpha value is -2.39. The van der Waals surface area contributed by atoms with Gasteiger partial charge in [0.15, 0.2) is 5.69 Å². The van der Waals surface area contributed by atoms with E-state index in [1.807, 2.05) is 6.92 Å².